The van der Waals surface area contributed by atoms with Crippen LogP contribution in [0.2, 0.25) is 0 Å². The summed E-state index contributed by atoms with van der Waals surface area (Å²) in [6.45, 7) is 1.65. The molecule has 1 aliphatic carbocycles. The molecular weight excluding hydrogens is 290 g/mol. The Bertz CT molecular complexity index is 433. The van der Waals surface area contributed by atoms with E-state index in [0.29, 0.717) is 32.1 Å². The van der Waals surface area contributed by atoms with Crippen molar-refractivity contribution >= 4 is 16.1 Å². The minimum absolute atomic E-state index is 0.122. The van der Waals surface area contributed by atoms with Crippen molar-refractivity contribution in [3.8, 4) is 0 Å². The van der Waals surface area contributed by atoms with Crippen LogP contribution >= 0.6 is 0 Å². The summed E-state index contributed by atoms with van der Waals surface area (Å²) in [5, 5.41) is 5.82. The van der Waals surface area contributed by atoms with E-state index in [1.165, 1.54) is 19.3 Å². The lowest BCUT2D eigenvalue weighted by molar-refractivity contribution is 0.232. The van der Waals surface area contributed by atoms with Crippen molar-refractivity contribution in [3.63, 3.8) is 0 Å². The number of urea groups is 1. The van der Waals surface area contributed by atoms with Crippen LogP contribution in [0.5, 0.6) is 0 Å². The molecule has 2 N–H and O–H groups in total. The lowest BCUT2D eigenvalue weighted by Crippen LogP contribution is -2.44. The number of carbonyl (C=O) groups is 1. The maximum atomic E-state index is 11.8. The van der Waals surface area contributed by atoms with E-state index in [1.807, 2.05) is 0 Å². The van der Waals surface area contributed by atoms with E-state index in [4.69, 9.17) is 0 Å². The molecule has 2 fully saturated rings. The van der Waals surface area contributed by atoms with Crippen molar-refractivity contribution in [2.24, 2.45) is 0 Å². The zero-order chi connectivity index (χ0) is 15.1. The van der Waals surface area contributed by atoms with Gasteiger partial charge in [-0.15, -0.1) is 0 Å². The van der Waals surface area contributed by atoms with Gasteiger partial charge in [-0.05, 0) is 32.1 Å². The van der Waals surface area contributed by atoms with Gasteiger partial charge in [0.15, 0.2) is 0 Å². The van der Waals surface area contributed by atoms with Gasteiger partial charge < -0.3 is 10.6 Å². The second-order valence-electron chi connectivity index (χ2n) is 6.01. The Morgan fingerprint density at radius 2 is 1.86 bits per heavy atom. The Kier molecular flexibility index (Phi) is 6.29. The summed E-state index contributed by atoms with van der Waals surface area (Å²) in [5.41, 5.74) is 0. The largest absolute Gasteiger partial charge is 0.338 e. The fraction of sp³-hybridized carbons (Fsp3) is 0.929. The number of carbonyl (C=O) groups excluding carboxylic acids is 1. The third-order valence-electron chi connectivity index (χ3n) is 4.26. The van der Waals surface area contributed by atoms with Crippen LogP contribution < -0.4 is 10.6 Å². The van der Waals surface area contributed by atoms with E-state index < -0.39 is 10.0 Å². The summed E-state index contributed by atoms with van der Waals surface area (Å²) in [4.78, 5) is 11.7. The Labute approximate surface area is 127 Å². The van der Waals surface area contributed by atoms with Gasteiger partial charge in [-0.2, -0.15) is 0 Å². The SMILES string of the molecule is O=C(NCCCN1CCCCS1(=O)=O)NC1CCCCC1. The van der Waals surface area contributed by atoms with Gasteiger partial charge in [-0.3, -0.25) is 0 Å². The molecule has 1 saturated carbocycles. The van der Waals surface area contributed by atoms with Crippen LogP contribution in [0.25, 0.3) is 0 Å². The van der Waals surface area contributed by atoms with Gasteiger partial charge in [0.1, 0.15) is 0 Å². The summed E-state index contributed by atoms with van der Waals surface area (Å²) < 4.78 is 25.2. The smallest absolute Gasteiger partial charge is 0.315 e. The lowest BCUT2D eigenvalue weighted by Gasteiger charge is -2.26. The van der Waals surface area contributed by atoms with Crippen LogP contribution in [0.1, 0.15) is 51.4 Å². The van der Waals surface area contributed by atoms with Crippen molar-refractivity contribution in [1.82, 2.24) is 14.9 Å². The zero-order valence-electron chi connectivity index (χ0n) is 12.6. The second kappa shape index (κ2) is 7.98. The van der Waals surface area contributed by atoms with Crippen molar-refractivity contribution in [3.05, 3.63) is 0 Å². The second-order valence-corrected chi connectivity index (χ2v) is 8.10. The molecule has 6 nitrogen and oxygen atoms in total. The number of rotatable bonds is 5. The highest BCUT2D eigenvalue weighted by Gasteiger charge is 2.24. The average molecular weight is 317 g/mol. The number of hydrogen-bond donors (Lipinski definition) is 2. The number of sulfonamides is 1. The molecule has 7 heteroatoms. The molecule has 2 aliphatic rings. The molecule has 1 aliphatic heterocycles. The predicted octanol–water partition coefficient (Wildman–Crippen LogP) is 1.43. The Balaban J connectivity index is 1.59. The third-order valence-corrected chi connectivity index (χ3v) is 6.22. The van der Waals surface area contributed by atoms with Crippen LogP contribution in [-0.4, -0.2) is 50.2 Å². The highest BCUT2D eigenvalue weighted by molar-refractivity contribution is 7.89. The number of amides is 2. The first-order chi connectivity index (χ1) is 10.1. The first-order valence-electron chi connectivity index (χ1n) is 8.10. The van der Waals surface area contributed by atoms with E-state index in [-0.39, 0.29) is 11.8 Å². The fourth-order valence-electron chi connectivity index (χ4n) is 3.03. The van der Waals surface area contributed by atoms with E-state index in [0.717, 1.165) is 25.7 Å². The molecule has 0 bridgehead atoms. The summed E-state index contributed by atoms with van der Waals surface area (Å²) >= 11 is 0. The molecule has 0 unspecified atom stereocenters. The van der Waals surface area contributed by atoms with E-state index in [2.05, 4.69) is 10.6 Å². The molecule has 0 aromatic carbocycles. The van der Waals surface area contributed by atoms with Gasteiger partial charge in [0, 0.05) is 25.7 Å². The first-order valence-corrected chi connectivity index (χ1v) is 9.71. The van der Waals surface area contributed by atoms with Gasteiger partial charge in [0.25, 0.3) is 0 Å². The van der Waals surface area contributed by atoms with Gasteiger partial charge in [-0.1, -0.05) is 19.3 Å². The topological polar surface area (TPSA) is 78.5 Å². The van der Waals surface area contributed by atoms with Crippen molar-refractivity contribution < 1.29 is 13.2 Å². The summed E-state index contributed by atoms with van der Waals surface area (Å²) in [5.74, 6) is 0.266. The molecule has 0 radical (unpaired) electrons. The van der Waals surface area contributed by atoms with Crippen molar-refractivity contribution in [2.45, 2.75) is 57.4 Å². The number of hydrogen-bond acceptors (Lipinski definition) is 3. The highest BCUT2D eigenvalue weighted by atomic mass is 32.2. The standard InChI is InChI=1S/C14H27N3O3S/c18-14(16-13-7-2-1-3-8-13)15-9-6-11-17-10-4-5-12-21(17,19)20/h13H,1-12H2,(H2,15,16,18). The molecule has 0 aromatic rings. The first kappa shape index (κ1) is 16.5. The van der Waals surface area contributed by atoms with Gasteiger partial charge in [-0.25, -0.2) is 17.5 Å². The molecule has 2 rings (SSSR count). The van der Waals surface area contributed by atoms with Gasteiger partial charge in [0.05, 0.1) is 5.75 Å². The van der Waals surface area contributed by atoms with Crippen molar-refractivity contribution in [1.29, 1.82) is 0 Å². The van der Waals surface area contributed by atoms with E-state index in [1.54, 1.807) is 4.31 Å². The Morgan fingerprint density at radius 3 is 2.57 bits per heavy atom. The maximum Gasteiger partial charge on any atom is 0.315 e. The molecular formula is C14H27N3O3S. The minimum atomic E-state index is -3.04. The van der Waals surface area contributed by atoms with Crippen molar-refractivity contribution in [2.75, 3.05) is 25.4 Å². The maximum absolute atomic E-state index is 11.8. The van der Waals surface area contributed by atoms with E-state index in [9.17, 15) is 13.2 Å². The van der Waals surface area contributed by atoms with Gasteiger partial charge >= 0.3 is 6.03 Å². The molecule has 21 heavy (non-hydrogen) atoms. The molecule has 0 atom stereocenters. The molecule has 1 heterocycles. The molecule has 0 aromatic heterocycles. The third kappa shape index (κ3) is 5.47. The van der Waals surface area contributed by atoms with Crippen LogP contribution in [-0.2, 0) is 10.0 Å². The minimum Gasteiger partial charge on any atom is -0.338 e. The highest BCUT2D eigenvalue weighted by Crippen LogP contribution is 2.17. The molecule has 1 saturated heterocycles. The van der Waals surface area contributed by atoms with Gasteiger partial charge in [0.2, 0.25) is 10.0 Å². The van der Waals surface area contributed by atoms with Crippen LogP contribution in [0.15, 0.2) is 0 Å². The average Bonchev–Trinajstić information content (AvgIpc) is 2.46. The molecule has 122 valence electrons. The van der Waals surface area contributed by atoms with Crippen LogP contribution in [0.3, 0.4) is 0 Å². The summed E-state index contributed by atoms with van der Waals surface area (Å²) in [7, 11) is -3.04. The fourth-order valence-corrected chi connectivity index (χ4v) is 4.67. The predicted molar refractivity (Wildman–Crippen MR) is 82.6 cm³/mol. The normalized spacial score (nSPS) is 23.6. The Morgan fingerprint density at radius 1 is 1.10 bits per heavy atom. The molecule has 0 spiro atoms. The van der Waals surface area contributed by atoms with E-state index >= 15 is 0 Å². The van der Waals surface area contributed by atoms with Crippen LogP contribution in [0.4, 0.5) is 4.79 Å². The Hall–Kier alpha value is -0.820. The monoisotopic (exact) mass is 317 g/mol. The lowest BCUT2D eigenvalue weighted by atomic mass is 9.96. The van der Waals surface area contributed by atoms with Crippen LogP contribution in [0, 0.1) is 0 Å². The number of nitrogens with zero attached hydrogens (tertiary/aromatic N) is 1. The summed E-state index contributed by atoms with van der Waals surface area (Å²) in [6, 6.07) is 0.185. The summed E-state index contributed by atoms with van der Waals surface area (Å²) in [6.07, 6.45) is 8.16. The number of nitrogens with one attached hydrogen (secondary N) is 2. The molecule has 2 amide bonds. The quantitative estimate of drug-likeness (QED) is 0.753. The zero-order valence-corrected chi connectivity index (χ0v) is 13.5.